The van der Waals surface area contributed by atoms with Crippen LogP contribution < -0.4 is 35.6 Å². The average Bonchev–Trinajstić information content (AvgIpc) is 3.36. The highest BCUT2D eigenvalue weighted by Crippen LogP contribution is 2.50. The summed E-state index contributed by atoms with van der Waals surface area (Å²) in [6.45, 7) is 2.22. The topological polar surface area (TPSA) is 128 Å². The van der Waals surface area contributed by atoms with Crippen LogP contribution in [0.1, 0.15) is 49.1 Å². The third-order valence-electron chi connectivity index (χ3n) is 6.85. The molecule has 1 atom stereocenters. The number of methoxy groups -OCH3 is 3. The van der Waals surface area contributed by atoms with Crippen molar-refractivity contribution in [1.29, 1.82) is 0 Å². The fourth-order valence-electron chi connectivity index (χ4n) is 5.01. The quantitative estimate of drug-likeness (QED) is 0.307. The number of aryl methyl sites for hydroxylation is 1. The monoisotopic (exact) mass is 549 g/mol. The van der Waals surface area contributed by atoms with Crippen LogP contribution in [0.2, 0.25) is 0 Å². The zero-order chi connectivity index (χ0) is 28.6. The van der Waals surface area contributed by atoms with Crippen LogP contribution in [0.25, 0.3) is 11.1 Å². The summed E-state index contributed by atoms with van der Waals surface area (Å²) >= 11 is 0. The van der Waals surface area contributed by atoms with Gasteiger partial charge in [0.05, 0.1) is 45.9 Å². The summed E-state index contributed by atoms with van der Waals surface area (Å²) in [6, 6.07) is 10.3. The van der Waals surface area contributed by atoms with Crippen molar-refractivity contribution in [2.24, 2.45) is 0 Å². The fourth-order valence-corrected chi connectivity index (χ4v) is 5.01. The van der Waals surface area contributed by atoms with E-state index in [1.54, 1.807) is 51.9 Å². The maximum atomic E-state index is 13.3. The van der Waals surface area contributed by atoms with E-state index in [-0.39, 0.29) is 23.3 Å². The minimum absolute atomic E-state index is 0.0999. The summed E-state index contributed by atoms with van der Waals surface area (Å²) in [5.74, 6) is 1.88. The van der Waals surface area contributed by atoms with Crippen molar-refractivity contribution in [3.05, 3.63) is 69.8 Å². The van der Waals surface area contributed by atoms with Gasteiger partial charge in [-0.25, -0.2) is 0 Å². The molecule has 0 saturated heterocycles. The van der Waals surface area contributed by atoms with E-state index in [9.17, 15) is 14.4 Å². The van der Waals surface area contributed by atoms with Crippen molar-refractivity contribution in [2.45, 2.75) is 45.2 Å². The van der Waals surface area contributed by atoms with Crippen molar-refractivity contribution in [1.82, 2.24) is 10.6 Å². The first-order chi connectivity index (χ1) is 19.4. The molecule has 4 rings (SSSR count). The zero-order valence-corrected chi connectivity index (χ0v) is 23.2. The Morgan fingerprint density at radius 1 is 1.05 bits per heavy atom. The number of hydrogen-bond acceptors (Lipinski definition) is 8. The molecule has 212 valence electrons. The summed E-state index contributed by atoms with van der Waals surface area (Å²) in [6.07, 6.45) is 3.60. The van der Waals surface area contributed by atoms with Gasteiger partial charge in [-0.2, -0.15) is 0 Å². The molecule has 2 aromatic carbocycles. The molecular weight excluding hydrogens is 514 g/mol. The summed E-state index contributed by atoms with van der Waals surface area (Å²) in [5.41, 5.74) is 3.37. The Kier molecular flexibility index (Phi) is 9.31. The lowest BCUT2D eigenvalue weighted by molar-refractivity contribution is -0.121. The summed E-state index contributed by atoms with van der Waals surface area (Å²) in [5, 5.41) is 8.99. The number of hydrogen-bond donors (Lipinski definition) is 3. The van der Waals surface area contributed by atoms with Crippen LogP contribution in [0, 0.1) is 0 Å². The molecule has 0 spiro atoms. The number of furan rings is 1. The van der Waals surface area contributed by atoms with E-state index in [0.29, 0.717) is 73.0 Å². The number of carbonyl (C=O) groups is 2. The smallest absolute Gasteiger partial charge is 0.220 e. The van der Waals surface area contributed by atoms with Gasteiger partial charge in [-0.05, 0) is 66.3 Å². The number of fused-ring (bicyclic) bond motifs is 3. The molecule has 0 saturated carbocycles. The number of nitrogens with one attached hydrogen (secondary N) is 3. The molecule has 1 aromatic heterocycles. The van der Waals surface area contributed by atoms with Gasteiger partial charge in [0.1, 0.15) is 5.76 Å². The second kappa shape index (κ2) is 13.1. The second-order valence-electron chi connectivity index (χ2n) is 9.48. The Labute approximate surface area is 233 Å². The minimum Gasteiger partial charge on any atom is -0.493 e. The molecule has 1 aliphatic rings. The Hall–Kier alpha value is -4.47. The Morgan fingerprint density at radius 3 is 2.52 bits per heavy atom. The molecule has 3 N–H and O–H groups in total. The van der Waals surface area contributed by atoms with E-state index in [1.807, 2.05) is 12.1 Å². The van der Waals surface area contributed by atoms with E-state index in [4.69, 9.17) is 18.6 Å². The molecule has 0 radical (unpaired) electrons. The lowest BCUT2D eigenvalue weighted by Gasteiger charge is -2.19. The summed E-state index contributed by atoms with van der Waals surface area (Å²) in [4.78, 5) is 37.6. The summed E-state index contributed by atoms with van der Waals surface area (Å²) in [7, 11) is 4.68. The molecule has 0 fully saturated rings. The van der Waals surface area contributed by atoms with Crippen molar-refractivity contribution in [3.8, 4) is 28.4 Å². The maximum Gasteiger partial charge on any atom is 0.220 e. The van der Waals surface area contributed by atoms with Crippen molar-refractivity contribution >= 4 is 17.5 Å². The normalized spacial score (nSPS) is 13.8. The molecular formula is C30H35N3O7. The van der Waals surface area contributed by atoms with Crippen LogP contribution in [0.15, 0.2) is 51.9 Å². The van der Waals surface area contributed by atoms with E-state index >= 15 is 0 Å². The van der Waals surface area contributed by atoms with Gasteiger partial charge in [-0.1, -0.05) is 6.07 Å². The van der Waals surface area contributed by atoms with Crippen LogP contribution in [0.5, 0.6) is 17.2 Å². The van der Waals surface area contributed by atoms with Gasteiger partial charge in [0.25, 0.3) is 0 Å². The molecule has 0 unspecified atom stereocenters. The van der Waals surface area contributed by atoms with Crippen molar-refractivity contribution < 1.29 is 28.2 Å². The second-order valence-corrected chi connectivity index (χ2v) is 9.48. The fraction of sp³-hybridized carbons (Fsp3) is 0.367. The molecule has 10 nitrogen and oxygen atoms in total. The maximum absolute atomic E-state index is 13.3. The van der Waals surface area contributed by atoms with Gasteiger partial charge in [0, 0.05) is 25.5 Å². The first-order valence-electron chi connectivity index (χ1n) is 13.2. The standard InChI is InChI=1S/C30H35N3O7/c1-18(34)33-23-11-9-19-15-26(37-2)29(38-3)30(39-4)28(19)21-10-12-24(25(35)16-22(21)23)31-13-5-8-27(36)32-17-20-7-6-14-40-20/h6-7,10,12,14-16,23H,5,8-9,11,13,17H2,1-4H3,(H,31,35)(H,32,36)(H,33,34)/t23-/m0/s1. The van der Waals surface area contributed by atoms with Gasteiger partial charge < -0.3 is 34.6 Å². The number of amides is 2. The van der Waals surface area contributed by atoms with Crippen LogP contribution in [-0.2, 0) is 22.6 Å². The van der Waals surface area contributed by atoms with Gasteiger partial charge >= 0.3 is 0 Å². The van der Waals surface area contributed by atoms with Gasteiger partial charge in [0.2, 0.25) is 23.0 Å². The van der Waals surface area contributed by atoms with Gasteiger partial charge in [-0.3, -0.25) is 14.4 Å². The Morgan fingerprint density at radius 2 is 1.85 bits per heavy atom. The predicted molar refractivity (Wildman–Crippen MR) is 151 cm³/mol. The minimum atomic E-state index is -0.382. The number of carbonyl (C=O) groups excluding carboxylic acids is 2. The average molecular weight is 550 g/mol. The number of benzene rings is 1. The van der Waals surface area contributed by atoms with E-state index in [2.05, 4.69) is 16.0 Å². The van der Waals surface area contributed by atoms with Gasteiger partial charge in [0.15, 0.2) is 11.5 Å². The molecule has 1 heterocycles. The third kappa shape index (κ3) is 6.39. The largest absolute Gasteiger partial charge is 0.493 e. The highest BCUT2D eigenvalue weighted by atomic mass is 16.5. The number of ether oxygens (including phenoxy) is 3. The molecule has 2 amide bonds. The number of rotatable bonds is 11. The molecule has 10 heteroatoms. The van der Waals surface area contributed by atoms with Crippen molar-refractivity contribution in [3.63, 3.8) is 0 Å². The van der Waals surface area contributed by atoms with E-state index < -0.39 is 0 Å². The number of anilines is 1. The van der Waals surface area contributed by atoms with E-state index in [0.717, 1.165) is 16.7 Å². The van der Waals surface area contributed by atoms with Crippen LogP contribution >= 0.6 is 0 Å². The predicted octanol–water partition coefficient (Wildman–Crippen LogP) is 3.96. The van der Waals surface area contributed by atoms with E-state index in [1.165, 1.54) is 6.92 Å². The SMILES string of the molecule is COc1cc2c(c(OC)c1OC)-c1ccc(NCCCC(=O)NCc3ccco3)c(=O)cc1[C@@H](NC(C)=O)CC2. The Bertz CT molecular complexity index is 1420. The zero-order valence-electron chi connectivity index (χ0n) is 23.2. The van der Waals surface area contributed by atoms with Crippen molar-refractivity contribution in [2.75, 3.05) is 33.2 Å². The Balaban J connectivity index is 1.62. The molecule has 3 aromatic rings. The molecule has 0 bridgehead atoms. The van der Waals surface area contributed by atoms with Gasteiger partial charge in [-0.15, -0.1) is 0 Å². The highest BCUT2D eigenvalue weighted by Gasteiger charge is 2.29. The molecule has 0 aliphatic heterocycles. The first-order valence-corrected chi connectivity index (χ1v) is 13.2. The van der Waals surface area contributed by atoms with Crippen LogP contribution in [0.3, 0.4) is 0 Å². The molecule has 1 aliphatic carbocycles. The lowest BCUT2D eigenvalue weighted by atomic mass is 9.95. The van der Waals surface area contributed by atoms with Crippen LogP contribution in [-0.4, -0.2) is 39.7 Å². The van der Waals surface area contributed by atoms with Crippen LogP contribution in [0.4, 0.5) is 5.69 Å². The third-order valence-corrected chi connectivity index (χ3v) is 6.85. The molecule has 40 heavy (non-hydrogen) atoms. The first kappa shape index (κ1) is 28.5. The summed E-state index contributed by atoms with van der Waals surface area (Å²) < 4.78 is 22.2. The lowest BCUT2D eigenvalue weighted by Crippen LogP contribution is -2.26. The highest BCUT2D eigenvalue weighted by molar-refractivity contribution is 5.83.